The van der Waals surface area contributed by atoms with Crippen molar-refractivity contribution in [3.8, 4) is 0 Å². The summed E-state index contributed by atoms with van der Waals surface area (Å²) in [5.41, 5.74) is 1.89. The Bertz CT molecular complexity index is 498. The minimum atomic E-state index is -3.37. The van der Waals surface area contributed by atoms with Crippen LogP contribution in [0.3, 0.4) is 0 Å². The Morgan fingerprint density at radius 3 is 2.24 bits per heavy atom. The molecular weight excluding hydrogens is 238 g/mol. The fourth-order valence-corrected chi connectivity index (χ4v) is 3.85. The highest BCUT2D eigenvalue weighted by molar-refractivity contribution is 7.89. The molecule has 2 rings (SSSR count). The third kappa shape index (κ3) is 2.36. The minimum absolute atomic E-state index is 0.0544. The number of rotatable bonds is 3. The van der Waals surface area contributed by atoms with Gasteiger partial charge in [0.2, 0.25) is 10.0 Å². The molecule has 1 saturated heterocycles. The van der Waals surface area contributed by atoms with Crippen LogP contribution in [-0.2, 0) is 10.0 Å². The quantitative estimate of drug-likeness (QED) is 0.873. The Morgan fingerprint density at radius 1 is 1.24 bits per heavy atom. The zero-order valence-corrected chi connectivity index (χ0v) is 10.9. The van der Waals surface area contributed by atoms with E-state index < -0.39 is 10.0 Å². The van der Waals surface area contributed by atoms with Crippen LogP contribution in [0.2, 0.25) is 0 Å². The second-order valence-electron chi connectivity index (χ2n) is 4.69. The Kier molecular flexibility index (Phi) is 3.25. The van der Waals surface area contributed by atoms with Crippen LogP contribution in [0.25, 0.3) is 0 Å². The van der Waals surface area contributed by atoms with Crippen LogP contribution >= 0.6 is 0 Å². The highest BCUT2D eigenvalue weighted by Crippen LogP contribution is 2.25. The summed E-state index contributed by atoms with van der Waals surface area (Å²) in [5.74, 6) is 0.0932. The molecule has 0 amide bonds. The van der Waals surface area contributed by atoms with Crippen LogP contribution in [0.15, 0.2) is 23.1 Å². The van der Waals surface area contributed by atoms with Crippen molar-refractivity contribution < 1.29 is 13.5 Å². The summed E-state index contributed by atoms with van der Waals surface area (Å²) < 4.78 is 25.9. The van der Waals surface area contributed by atoms with Gasteiger partial charge in [0.15, 0.2) is 0 Å². The van der Waals surface area contributed by atoms with E-state index in [4.69, 9.17) is 5.11 Å². The molecular formula is C12H17NO3S. The standard InChI is InChI=1S/C12H17NO3S/c1-9-3-10(2)5-12(4-9)17(15,16)13-6-11(7-13)8-14/h3-5,11,14H,6-8H2,1-2H3. The lowest BCUT2D eigenvalue weighted by molar-refractivity contribution is 0.117. The summed E-state index contributed by atoms with van der Waals surface area (Å²) in [6.07, 6.45) is 0. The van der Waals surface area contributed by atoms with E-state index in [1.165, 1.54) is 4.31 Å². The lowest BCUT2D eigenvalue weighted by atomic mass is 10.1. The van der Waals surface area contributed by atoms with Crippen molar-refractivity contribution >= 4 is 10.0 Å². The second-order valence-corrected chi connectivity index (χ2v) is 6.63. The van der Waals surface area contributed by atoms with Gasteiger partial charge in [0.25, 0.3) is 0 Å². The van der Waals surface area contributed by atoms with Crippen molar-refractivity contribution in [2.75, 3.05) is 19.7 Å². The molecule has 1 aliphatic heterocycles. The molecule has 17 heavy (non-hydrogen) atoms. The fraction of sp³-hybridized carbons (Fsp3) is 0.500. The Morgan fingerprint density at radius 2 is 1.76 bits per heavy atom. The summed E-state index contributed by atoms with van der Waals surface area (Å²) in [6, 6.07) is 5.33. The predicted octanol–water partition coefficient (Wildman–Crippen LogP) is 0.916. The van der Waals surface area contributed by atoms with Crippen molar-refractivity contribution in [1.29, 1.82) is 0 Å². The molecule has 0 radical (unpaired) electrons. The van der Waals surface area contributed by atoms with Crippen molar-refractivity contribution in [2.24, 2.45) is 5.92 Å². The van der Waals surface area contributed by atoms with Crippen molar-refractivity contribution in [1.82, 2.24) is 4.31 Å². The Labute approximate surface area is 102 Å². The van der Waals surface area contributed by atoms with E-state index >= 15 is 0 Å². The van der Waals surface area contributed by atoms with Crippen molar-refractivity contribution in [3.63, 3.8) is 0 Å². The van der Waals surface area contributed by atoms with E-state index in [0.29, 0.717) is 18.0 Å². The first kappa shape index (κ1) is 12.5. The maximum absolute atomic E-state index is 12.2. The van der Waals surface area contributed by atoms with Gasteiger partial charge in [-0.3, -0.25) is 0 Å². The van der Waals surface area contributed by atoms with Gasteiger partial charge in [-0.25, -0.2) is 8.42 Å². The zero-order chi connectivity index (χ0) is 12.6. The van der Waals surface area contributed by atoms with Crippen LogP contribution in [-0.4, -0.2) is 37.5 Å². The van der Waals surface area contributed by atoms with Gasteiger partial charge in [-0.15, -0.1) is 0 Å². The van der Waals surface area contributed by atoms with Crippen LogP contribution < -0.4 is 0 Å². The van der Waals surface area contributed by atoms with Gasteiger partial charge in [-0.2, -0.15) is 4.31 Å². The maximum Gasteiger partial charge on any atom is 0.243 e. The first-order valence-electron chi connectivity index (χ1n) is 5.63. The molecule has 94 valence electrons. The van der Waals surface area contributed by atoms with E-state index in [1.54, 1.807) is 12.1 Å². The van der Waals surface area contributed by atoms with Gasteiger partial charge in [-0.1, -0.05) is 6.07 Å². The summed E-state index contributed by atoms with van der Waals surface area (Å²) in [7, 11) is -3.37. The van der Waals surface area contributed by atoms with E-state index in [-0.39, 0.29) is 12.5 Å². The molecule has 0 saturated carbocycles. The molecule has 0 aromatic heterocycles. The number of nitrogens with zero attached hydrogens (tertiary/aromatic N) is 1. The van der Waals surface area contributed by atoms with E-state index in [0.717, 1.165) is 11.1 Å². The average Bonchev–Trinajstić information content (AvgIpc) is 2.13. The molecule has 1 heterocycles. The molecule has 0 spiro atoms. The lowest BCUT2D eigenvalue weighted by Crippen LogP contribution is -2.51. The fourth-order valence-electron chi connectivity index (χ4n) is 2.07. The lowest BCUT2D eigenvalue weighted by Gasteiger charge is -2.37. The molecule has 0 aliphatic carbocycles. The number of aryl methyl sites for hydroxylation is 2. The number of sulfonamides is 1. The monoisotopic (exact) mass is 255 g/mol. The predicted molar refractivity (Wildman–Crippen MR) is 65.3 cm³/mol. The molecule has 1 aromatic carbocycles. The van der Waals surface area contributed by atoms with Crippen molar-refractivity contribution in [2.45, 2.75) is 18.7 Å². The molecule has 4 nitrogen and oxygen atoms in total. The number of hydrogen-bond donors (Lipinski definition) is 1. The minimum Gasteiger partial charge on any atom is -0.396 e. The average molecular weight is 255 g/mol. The highest BCUT2D eigenvalue weighted by Gasteiger charge is 2.36. The Balaban J connectivity index is 2.27. The van der Waals surface area contributed by atoms with E-state index in [2.05, 4.69) is 0 Å². The van der Waals surface area contributed by atoms with Crippen molar-refractivity contribution in [3.05, 3.63) is 29.3 Å². The third-order valence-corrected chi connectivity index (χ3v) is 4.82. The first-order valence-corrected chi connectivity index (χ1v) is 7.07. The topological polar surface area (TPSA) is 57.6 Å². The van der Waals surface area contributed by atoms with Crippen LogP contribution in [0.1, 0.15) is 11.1 Å². The zero-order valence-electron chi connectivity index (χ0n) is 10.0. The highest BCUT2D eigenvalue weighted by atomic mass is 32.2. The third-order valence-electron chi connectivity index (χ3n) is 3.01. The molecule has 1 aromatic rings. The number of aliphatic hydroxyl groups excluding tert-OH is 1. The molecule has 1 N–H and O–H groups in total. The SMILES string of the molecule is Cc1cc(C)cc(S(=O)(=O)N2CC(CO)C2)c1. The van der Waals surface area contributed by atoms with Crippen LogP contribution in [0.4, 0.5) is 0 Å². The summed E-state index contributed by atoms with van der Waals surface area (Å²) in [4.78, 5) is 0.353. The number of benzene rings is 1. The van der Waals surface area contributed by atoms with Gasteiger partial charge in [0.1, 0.15) is 0 Å². The van der Waals surface area contributed by atoms with E-state index in [9.17, 15) is 8.42 Å². The second kappa shape index (κ2) is 4.40. The number of aliphatic hydroxyl groups is 1. The molecule has 1 fully saturated rings. The summed E-state index contributed by atoms with van der Waals surface area (Å²) in [5, 5.41) is 8.91. The Hall–Kier alpha value is -0.910. The molecule has 0 unspecified atom stereocenters. The van der Waals surface area contributed by atoms with Gasteiger partial charge < -0.3 is 5.11 Å². The molecule has 5 heteroatoms. The summed E-state index contributed by atoms with van der Waals surface area (Å²) >= 11 is 0. The van der Waals surface area contributed by atoms with Gasteiger partial charge in [0, 0.05) is 25.6 Å². The first-order chi connectivity index (χ1) is 7.93. The molecule has 0 bridgehead atoms. The van der Waals surface area contributed by atoms with Crippen LogP contribution in [0, 0.1) is 19.8 Å². The normalized spacial score (nSPS) is 18.1. The van der Waals surface area contributed by atoms with Gasteiger partial charge in [-0.05, 0) is 37.1 Å². The largest absolute Gasteiger partial charge is 0.396 e. The van der Waals surface area contributed by atoms with Gasteiger partial charge >= 0.3 is 0 Å². The smallest absolute Gasteiger partial charge is 0.243 e. The van der Waals surface area contributed by atoms with E-state index in [1.807, 2.05) is 19.9 Å². The summed E-state index contributed by atoms with van der Waals surface area (Å²) in [6.45, 7) is 4.67. The van der Waals surface area contributed by atoms with Crippen LogP contribution in [0.5, 0.6) is 0 Å². The number of hydrogen-bond acceptors (Lipinski definition) is 3. The van der Waals surface area contributed by atoms with Gasteiger partial charge in [0.05, 0.1) is 4.90 Å². The maximum atomic E-state index is 12.2. The molecule has 0 atom stereocenters. The molecule has 1 aliphatic rings.